The van der Waals surface area contributed by atoms with Crippen molar-refractivity contribution in [1.82, 2.24) is 0 Å². The Morgan fingerprint density at radius 3 is 2.38 bits per heavy atom. The zero-order valence-corrected chi connectivity index (χ0v) is 15.7. The third-order valence-electron chi connectivity index (χ3n) is 3.40. The summed E-state index contributed by atoms with van der Waals surface area (Å²) in [6.07, 6.45) is 0. The van der Waals surface area contributed by atoms with E-state index in [1.54, 1.807) is 0 Å². The summed E-state index contributed by atoms with van der Waals surface area (Å²) in [6, 6.07) is 19.5. The molecule has 1 nitrogen and oxygen atoms in total. The summed E-state index contributed by atoms with van der Waals surface area (Å²) in [5, 5.41) is 2.64. The molecular weight excluding hydrogens is 380 g/mol. The van der Waals surface area contributed by atoms with Gasteiger partial charge in [0.1, 0.15) is 0 Å². The molecule has 0 unspecified atom stereocenters. The molecule has 4 heteroatoms. The molecule has 0 aliphatic heterocycles. The molecule has 0 aliphatic carbocycles. The minimum atomic E-state index is -0.826. The van der Waals surface area contributed by atoms with Crippen LogP contribution in [0, 0.1) is 6.92 Å². The fourth-order valence-corrected chi connectivity index (χ4v) is 2.46. The first-order chi connectivity index (χ1) is 10.2. The average Bonchev–Trinajstić information content (AvgIpc) is 2.88. The number of hydrogen-bond donors (Lipinski definition) is 1. The summed E-state index contributed by atoms with van der Waals surface area (Å²) in [4.78, 5) is 0. The fourth-order valence-electron chi connectivity index (χ4n) is 2.46. The summed E-state index contributed by atoms with van der Waals surface area (Å²) >= 11 is -0.826. The minimum absolute atomic E-state index is 0.597. The van der Waals surface area contributed by atoms with Gasteiger partial charge in [0.25, 0.3) is 0 Å². The topological polar surface area (TPSA) is 26.0 Å². The second-order valence-corrected chi connectivity index (χ2v) is 8.55. The van der Waals surface area contributed by atoms with Crippen LogP contribution < -0.4 is 5.73 Å². The normalized spacial score (nSPS) is 10.1. The average molecular weight is 396 g/mol. The van der Waals surface area contributed by atoms with E-state index in [0.29, 0.717) is 6.54 Å². The van der Waals surface area contributed by atoms with E-state index in [-0.39, 0.29) is 0 Å². The third-order valence-corrected chi connectivity index (χ3v) is 3.40. The van der Waals surface area contributed by atoms with Crippen molar-refractivity contribution in [3.05, 3.63) is 65.7 Å². The van der Waals surface area contributed by atoms with Crippen LogP contribution in [0.25, 0.3) is 21.9 Å². The van der Waals surface area contributed by atoms with Crippen LogP contribution in [0.3, 0.4) is 0 Å². The summed E-state index contributed by atoms with van der Waals surface area (Å²) in [6.45, 7) is 2.74. The first-order valence-corrected chi connectivity index (χ1v) is 12.9. The van der Waals surface area contributed by atoms with Crippen molar-refractivity contribution in [3.63, 3.8) is 0 Å². The Morgan fingerprint density at radius 2 is 1.76 bits per heavy atom. The molecular formula is C17H16Cl2NZr-. The van der Waals surface area contributed by atoms with Gasteiger partial charge in [0.05, 0.1) is 0 Å². The Morgan fingerprint density at radius 1 is 1.10 bits per heavy atom. The van der Waals surface area contributed by atoms with Crippen molar-refractivity contribution in [1.29, 1.82) is 0 Å². The second-order valence-electron chi connectivity index (χ2n) is 4.81. The molecule has 0 saturated carbocycles. The Hall–Kier alpha value is -0.527. The van der Waals surface area contributed by atoms with Gasteiger partial charge in [-0.3, -0.25) is 0 Å². The van der Waals surface area contributed by atoms with E-state index in [4.69, 9.17) is 22.8 Å². The van der Waals surface area contributed by atoms with Crippen molar-refractivity contribution in [2.75, 3.05) is 0 Å². The first kappa shape index (κ1) is 16.8. The van der Waals surface area contributed by atoms with Crippen LogP contribution in [-0.4, -0.2) is 0 Å². The van der Waals surface area contributed by atoms with Gasteiger partial charge >= 0.3 is 37.9 Å². The monoisotopic (exact) mass is 394 g/mol. The van der Waals surface area contributed by atoms with Crippen LogP contribution in [0.2, 0.25) is 0 Å². The molecule has 2 N–H and O–H groups in total. The van der Waals surface area contributed by atoms with Crippen molar-refractivity contribution >= 4 is 27.8 Å². The second kappa shape index (κ2) is 8.20. The molecule has 3 aromatic carbocycles. The van der Waals surface area contributed by atoms with E-state index < -0.39 is 20.8 Å². The Kier molecular flexibility index (Phi) is 6.57. The molecule has 0 fully saturated rings. The molecule has 0 amide bonds. The van der Waals surface area contributed by atoms with Crippen LogP contribution in [0.5, 0.6) is 0 Å². The van der Waals surface area contributed by atoms with Gasteiger partial charge in [-0.15, -0.1) is 34.5 Å². The van der Waals surface area contributed by atoms with Crippen molar-refractivity contribution < 1.29 is 20.8 Å². The van der Waals surface area contributed by atoms with Crippen molar-refractivity contribution in [2.24, 2.45) is 5.73 Å². The van der Waals surface area contributed by atoms with Gasteiger partial charge in [-0.2, -0.15) is 6.07 Å². The van der Waals surface area contributed by atoms with E-state index >= 15 is 0 Å². The third kappa shape index (κ3) is 4.23. The van der Waals surface area contributed by atoms with E-state index in [1.807, 2.05) is 0 Å². The van der Waals surface area contributed by atoms with Gasteiger partial charge in [0, 0.05) is 6.54 Å². The molecule has 0 radical (unpaired) electrons. The fraction of sp³-hybridized carbons (Fsp3) is 0.118. The van der Waals surface area contributed by atoms with E-state index in [1.165, 1.54) is 33.0 Å². The number of benzene rings is 2. The molecule has 0 aliphatic rings. The molecule has 3 aromatic rings. The van der Waals surface area contributed by atoms with Gasteiger partial charge in [-0.05, 0) is 11.1 Å². The number of aryl methyl sites for hydroxylation is 1. The summed E-state index contributed by atoms with van der Waals surface area (Å²) in [5.41, 5.74) is 10.7. The maximum absolute atomic E-state index is 5.63. The molecule has 0 spiro atoms. The zero-order valence-electron chi connectivity index (χ0n) is 11.7. The summed E-state index contributed by atoms with van der Waals surface area (Å²) < 4.78 is 0. The number of hydrogen-bond acceptors (Lipinski definition) is 1. The summed E-state index contributed by atoms with van der Waals surface area (Å²) in [7, 11) is 9.87. The van der Waals surface area contributed by atoms with Crippen LogP contribution in [0.15, 0.2) is 54.6 Å². The Bertz CT molecular complexity index is 704. The Labute approximate surface area is 144 Å². The SMILES string of the molecule is Cc1cc2c(-c3ccc(CN)cc3)cccc2[cH-]1.[Cl][Zr][Cl]. The van der Waals surface area contributed by atoms with E-state index in [2.05, 4.69) is 61.5 Å². The quantitative estimate of drug-likeness (QED) is 0.579. The zero-order chi connectivity index (χ0) is 15.2. The molecule has 0 bridgehead atoms. The van der Waals surface area contributed by atoms with Crippen molar-refractivity contribution in [3.8, 4) is 11.1 Å². The molecule has 108 valence electrons. The predicted molar refractivity (Wildman–Crippen MR) is 89.3 cm³/mol. The van der Waals surface area contributed by atoms with Crippen LogP contribution in [-0.2, 0) is 27.4 Å². The van der Waals surface area contributed by atoms with E-state index in [9.17, 15) is 0 Å². The van der Waals surface area contributed by atoms with Gasteiger partial charge in [0.2, 0.25) is 0 Å². The van der Waals surface area contributed by atoms with Crippen LogP contribution in [0.4, 0.5) is 0 Å². The molecule has 0 saturated heterocycles. The predicted octanol–water partition coefficient (Wildman–Crippen LogP) is 5.37. The molecule has 21 heavy (non-hydrogen) atoms. The van der Waals surface area contributed by atoms with Crippen LogP contribution >= 0.6 is 17.0 Å². The Balaban J connectivity index is 0.000000497. The number of rotatable bonds is 2. The number of fused-ring (bicyclic) bond motifs is 1. The molecule has 0 atom stereocenters. The first-order valence-electron chi connectivity index (χ1n) is 6.61. The van der Waals surface area contributed by atoms with Crippen LogP contribution in [0.1, 0.15) is 11.1 Å². The summed E-state index contributed by atoms with van der Waals surface area (Å²) in [5.74, 6) is 0. The number of halogens is 2. The maximum atomic E-state index is 5.63. The molecule has 0 aromatic heterocycles. The molecule has 0 heterocycles. The standard InChI is InChI=1S/C17H16N.2ClH.Zr/c1-12-9-15-3-2-4-16(17(15)10-12)14-7-5-13(11-18)6-8-14;;;/h2-10H,11,18H2,1H3;2*1H;/q-1;;;+2/p-2. The van der Waals surface area contributed by atoms with E-state index in [0.717, 1.165) is 0 Å². The number of nitrogens with two attached hydrogens (primary N) is 1. The van der Waals surface area contributed by atoms with Gasteiger partial charge in [0.15, 0.2) is 0 Å². The van der Waals surface area contributed by atoms with Gasteiger partial charge in [-0.1, -0.05) is 42.8 Å². The molecule has 3 rings (SSSR count). The van der Waals surface area contributed by atoms with Gasteiger partial charge in [-0.25, -0.2) is 0 Å². The van der Waals surface area contributed by atoms with Gasteiger partial charge < -0.3 is 5.73 Å². The van der Waals surface area contributed by atoms with Crippen molar-refractivity contribution in [2.45, 2.75) is 13.5 Å².